The van der Waals surface area contributed by atoms with Crippen LogP contribution in [0.2, 0.25) is 0 Å². The number of rotatable bonds is 6. The minimum Gasteiger partial charge on any atom is -0.342 e. The molecule has 29 heavy (non-hydrogen) atoms. The van der Waals surface area contributed by atoms with Gasteiger partial charge >= 0.3 is 0 Å². The summed E-state index contributed by atoms with van der Waals surface area (Å²) in [4.78, 5) is 31.0. The first-order valence-corrected chi connectivity index (χ1v) is 9.12. The lowest BCUT2D eigenvalue weighted by Gasteiger charge is -2.17. The largest absolute Gasteiger partial charge is 0.342 e. The zero-order chi connectivity index (χ0) is 20.2. The van der Waals surface area contributed by atoms with Crippen LogP contribution in [-0.4, -0.2) is 20.8 Å². The standard InChI is InChI=1S/C22H18N4O3/c27-20(13-15-7-3-1-4-8-15)25-21(16-9-5-2-6-10-16)22-23-18-12-11-17(26(28)29)14-19(18)24-22/h1-12,14,21H,13H2,(H,23,24)(H,25,27). The number of nitrogens with zero attached hydrogens (tertiary/aromatic N) is 2. The SMILES string of the molecule is O=C(Cc1ccccc1)NC(c1ccccc1)c1nc2ccc([N+](=O)[O-])cc2[nH]1. The lowest BCUT2D eigenvalue weighted by atomic mass is 10.1. The van der Waals surface area contributed by atoms with Gasteiger partial charge in [0.1, 0.15) is 11.9 Å². The molecule has 0 saturated heterocycles. The highest BCUT2D eigenvalue weighted by Gasteiger charge is 2.21. The first-order chi connectivity index (χ1) is 14.1. The molecule has 0 spiro atoms. The predicted octanol–water partition coefficient (Wildman–Crippen LogP) is 3.92. The second-order valence-electron chi connectivity index (χ2n) is 6.65. The van der Waals surface area contributed by atoms with E-state index in [4.69, 9.17) is 0 Å². The number of benzene rings is 3. The van der Waals surface area contributed by atoms with E-state index in [1.54, 1.807) is 6.07 Å². The molecule has 0 aliphatic carbocycles. The molecule has 1 heterocycles. The first kappa shape index (κ1) is 18.4. The number of carbonyl (C=O) groups is 1. The molecule has 0 aliphatic rings. The van der Waals surface area contributed by atoms with Crippen molar-refractivity contribution in [2.24, 2.45) is 0 Å². The molecule has 0 saturated carbocycles. The fraction of sp³-hybridized carbons (Fsp3) is 0.0909. The van der Waals surface area contributed by atoms with Crippen LogP contribution in [-0.2, 0) is 11.2 Å². The van der Waals surface area contributed by atoms with Crippen molar-refractivity contribution >= 4 is 22.6 Å². The van der Waals surface area contributed by atoms with Gasteiger partial charge in [-0.2, -0.15) is 0 Å². The van der Waals surface area contributed by atoms with Gasteiger partial charge in [0.05, 0.1) is 22.4 Å². The second-order valence-corrected chi connectivity index (χ2v) is 6.65. The van der Waals surface area contributed by atoms with Gasteiger partial charge < -0.3 is 10.3 Å². The minimum absolute atomic E-state index is 0.0166. The molecule has 1 aromatic heterocycles. The molecule has 4 aromatic rings. The summed E-state index contributed by atoms with van der Waals surface area (Å²) in [5, 5.41) is 14.1. The number of amides is 1. The van der Waals surface area contributed by atoms with Gasteiger partial charge in [-0.05, 0) is 17.2 Å². The number of nitrogens with one attached hydrogen (secondary N) is 2. The number of nitro benzene ring substituents is 1. The highest BCUT2D eigenvalue weighted by molar-refractivity contribution is 5.80. The van der Waals surface area contributed by atoms with Crippen LogP contribution < -0.4 is 5.32 Å². The topological polar surface area (TPSA) is 101 Å². The average molecular weight is 386 g/mol. The molecule has 0 fully saturated rings. The summed E-state index contributed by atoms with van der Waals surface area (Å²) in [5.41, 5.74) is 2.91. The number of hydrogen-bond acceptors (Lipinski definition) is 4. The Balaban J connectivity index is 1.66. The molecule has 2 N–H and O–H groups in total. The van der Waals surface area contributed by atoms with Crippen molar-refractivity contribution in [2.45, 2.75) is 12.5 Å². The number of aromatic nitrogens is 2. The highest BCUT2D eigenvalue weighted by atomic mass is 16.6. The van der Waals surface area contributed by atoms with E-state index < -0.39 is 11.0 Å². The lowest BCUT2D eigenvalue weighted by Crippen LogP contribution is -2.31. The van der Waals surface area contributed by atoms with E-state index in [-0.39, 0.29) is 18.0 Å². The van der Waals surface area contributed by atoms with E-state index in [2.05, 4.69) is 15.3 Å². The number of carbonyl (C=O) groups excluding carboxylic acids is 1. The Kier molecular flexibility index (Phi) is 5.03. The van der Waals surface area contributed by atoms with Gasteiger partial charge in [0.2, 0.25) is 5.91 Å². The number of aromatic amines is 1. The average Bonchev–Trinajstić information content (AvgIpc) is 3.16. The van der Waals surface area contributed by atoms with Crippen molar-refractivity contribution in [1.82, 2.24) is 15.3 Å². The third-order valence-electron chi connectivity index (χ3n) is 4.61. The van der Waals surface area contributed by atoms with Crippen molar-refractivity contribution in [3.05, 3.63) is 106 Å². The van der Waals surface area contributed by atoms with Crippen molar-refractivity contribution in [2.75, 3.05) is 0 Å². The van der Waals surface area contributed by atoms with Crippen LogP contribution in [0.3, 0.4) is 0 Å². The zero-order valence-corrected chi connectivity index (χ0v) is 15.4. The van der Waals surface area contributed by atoms with Gasteiger partial charge in [-0.3, -0.25) is 14.9 Å². The van der Waals surface area contributed by atoms with E-state index in [9.17, 15) is 14.9 Å². The summed E-state index contributed by atoms with van der Waals surface area (Å²) in [6, 6.07) is 22.9. The molecule has 4 rings (SSSR count). The second kappa shape index (κ2) is 7.93. The van der Waals surface area contributed by atoms with Crippen molar-refractivity contribution < 1.29 is 9.72 Å². The molecule has 0 aliphatic heterocycles. The fourth-order valence-electron chi connectivity index (χ4n) is 3.22. The predicted molar refractivity (Wildman–Crippen MR) is 109 cm³/mol. The molecule has 0 bridgehead atoms. The Morgan fingerprint density at radius 1 is 1.03 bits per heavy atom. The third-order valence-corrected chi connectivity index (χ3v) is 4.61. The number of imidazole rings is 1. The monoisotopic (exact) mass is 386 g/mol. The van der Waals surface area contributed by atoms with Gasteiger partial charge in [-0.1, -0.05) is 60.7 Å². The van der Waals surface area contributed by atoms with Crippen LogP contribution in [0.5, 0.6) is 0 Å². The molecular formula is C22H18N4O3. The molecule has 1 unspecified atom stereocenters. The molecule has 144 valence electrons. The van der Waals surface area contributed by atoms with E-state index in [1.807, 2.05) is 60.7 Å². The Morgan fingerprint density at radius 3 is 2.41 bits per heavy atom. The number of non-ortho nitro benzene ring substituents is 1. The quantitative estimate of drug-likeness (QED) is 0.387. The van der Waals surface area contributed by atoms with Crippen molar-refractivity contribution in [1.29, 1.82) is 0 Å². The van der Waals surface area contributed by atoms with Gasteiger partial charge in [0, 0.05) is 12.1 Å². The Hall–Kier alpha value is -4.00. The summed E-state index contributed by atoms with van der Waals surface area (Å²) in [7, 11) is 0. The van der Waals surface area contributed by atoms with Crippen LogP contribution in [0, 0.1) is 10.1 Å². The van der Waals surface area contributed by atoms with Crippen LogP contribution in [0.1, 0.15) is 23.0 Å². The maximum Gasteiger partial charge on any atom is 0.271 e. The van der Waals surface area contributed by atoms with E-state index in [1.165, 1.54) is 12.1 Å². The van der Waals surface area contributed by atoms with Gasteiger partial charge in [0.15, 0.2) is 0 Å². The molecule has 0 radical (unpaired) electrons. The van der Waals surface area contributed by atoms with Gasteiger partial charge in [-0.25, -0.2) is 4.98 Å². The van der Waals surface area contributed by atoms with Crippen molar-refractivity contribution in [3.8, 4) is 0 Å². The zero-order valence-electron chi connectivity index (χ0n) is 15.4. The van der Waals surface area contributed by atoms with E-state index in [0.717, 1.165) is 11.1 Å². The van der Waals surface area contributed by atoms with Crippen LogP contribution in [0.4, 0.5) is 5.69 Å². The maximum absolute atomic E-state index is 12.7. The Labute approximate surface area is 166 Å². The number of nitro groups is 1. The van der Waals surface area contributed by atoms with Crippen molar-refractivity contribution in [3.63, 3.8) is 0 Å². The van der Waals surface area contributed by atoms with Crippen LogP contribution >= 0.6 is 0 Å². The maximum atomic E-state index is 12.7. The Bertz CT molecular complexity index is 1160. The number of H-pyrrole nitrogens is 1. The summed E-state index contributed by atoms with van der Waals surface area (Å²) in [6.07, 6.45) is 0.246. The minimum atomic E-state index is -0.501. The smallest absolute Gasteiger partial charge is 0.271 e. The molecule has 7 heteroatoms. The summed E-state index contributed by atoms with van der Waals surface area (Å²) < 4.78 is 0. The fourth-order valence-corrected chi connectivity index (χ4v) is 3.22. The molecular weight excluding hydrogens is 368 g/mol. The molecule has 1 amide bonds. The van der Waals surface area contributed by atoms with Crippen LogP contribution in [0.25, 0.3) is 11.0 Å². The van der Waals surface area contributed by atoms with Crippen LogP contribution in [0.15, 0.2) is 78.9 Å². The summed E-state index contributed by atoms with van der Waals surface area (Å²) >= 11 is 0. The molecule has 3 aromatic carbocycles. The van der Waals surface area contributed by atoms with E-state index in [0.29, 0.717) is 16.9 Å². The molecule has 7 nitrogen and oxygen atoms in total. The molecule has 1 atom stereocenters. The number of fused-ring (bicyclic) bond motifs is 1. The normalized spacial score (nSPS) is 11.9. The lowest BCUT2D eigenvalue weighted by molar-refractivity contribution is -0.384. The Morgan fingerprint density at radius 2 is 1.72 bits per heavy atom. The summed E-state index contributed by atoms with van der Waals surface area (Å²) in [5.74, 6) is 0.379. The van der Waals surface area contributed by atoms with Gasteiger partial charge in [-0.15, -0.1) is 0 Å². The van der Waals surface area contributed by atoms with Gasteiger partial charge in [0.25, 0.3) is 5.69 Å². The first-order valence-electron chi connectivity index (χ1n) is 9.12. The highest BCUT2D eigenvalue weighted by Crippen LogP contribution is 2.25. The summed E-state index contributed by atoms with van der Waals surface area (Å²) in [6.45, 7) is 0. The third kappa shape index (κ3) is 4.14. The number of hydrogen-bond donors (Lipinski definition) is 2. The van der Waals surface area contributed by atoms with E-state index >= 15 is 0 Å².